The maximum Gasteiger partial charge on any atom is 0.271 e. The maximum atomic E-state index is 13.3. The number of rotatable bonds is 6. The van der Waals surface area contributed by atoms with E-state index in [4.69, 9.17) is 9.47 Å². The van der Waals surface area contributed by atoms with E-state index >= 15 is 0 Å². The molecule has 0 unspecified atom stereocenters. The zero-order valence-electron chi connectivity index (χ0n) is 22.7. The van der Waals surface area contributed by atoms with Gasteiger partial charge in [-0.15, -0.1) is 0 Å². The molecule has 0 aromatic heterocycles. The van der Waals surface area contributed by atoms with Crippen LogP contribution in [0.4, 0.5) is 5.69 Å². The molecule has 5 rings (SSSR count). The largest absolute Gasteiger partial charge is 0.490 e. The molecule has 1 fully saturated rings. The number of benzene rings is 2. The Morgan fingerprint density at radius 3 is 2.48 bits per heavy atom. The highest BCUT2D eigenvalue weighted by Crippen LogP contribution is 2.39. The Morgan fingerprint density at radius 1 is 1.02 bits per heavy atom. The lowest BCUT2D eigenvalue weighted by atomic mass is 9.96. The Kier molecular flexibility index (Phi) is 7.44. The Morgan fingerprint density at radius 2 is 1.75 bits per heavy atom. The standard InChI is InChI=1S/C30H32N4O6/c1-18(29(37)32(4)22-10-13-39-14-11-22)31-28(36)19(2)34-17-25-23(6-5-7-24(25)30(34)38)21-8-9-26-27(16-21)40-15-12-33(26)20(3)35/h5-9,16,22H,1-2,10-15,17H2,3-4H3,(H,31,36). The van der Waals surface area contributed by atoms with Crippen LogP contribution in [0.5, 0.6) is 5.75 Å². The van der Waals surface area contributed by atoms with Crippen molar-refractivity contribution in [3.05, 3.63) is 72.1 Å². The van der Waals surface area contributed by atoms with Crippen LogP contribution in [0.15, 0.2) is 61.0 Å². The smallest absolute Gasteiger partial charge is 0.271 e. The number of likely N-dealkylation sites (N-methyl/N-ethyl adjacent to an activating group) is 1. The molecule has 2 aromatic rings. The van der Waals surface area contributed by atoms with Crippen molar-refractivity contribution in [2.75, 3.05) is 38.3 Å². The van der Waals surface area contributed by atoms with Crippen molar-refractivity contribution in [3.63, 3.8) is 0 Å². The van der Waals surface area contributed by atoms with Crippen molar-refractivity contribution in [2.45, 2.75) is 32.4 Å². The first-order chi connectivity index (χ1) is 19.2. The second-order valence-corrected chi connectivity index (χ2v) is 10.1. The van der Waals surface area contributed by atoms with Crippen LogP contribution < -0.4 is 15.0 Å². The lowest BCUT2D eigenvalue weighted by Gasteiger charge is -2.31. The van der Waals surface area contributed by atoms with E-state index in [0.717, 1.165) is 16.7 Å². The van der Waals surface area contributed by atoms with Gasteiger partial charge in [0.05, 0.1) is 24.5 Å². The Labute approximate surface area is 232 Å². The highest BCUT2D eigenvalue weighted by atomic mass is 16.5. The molecule has 0 radical (unpaired) electrons. The highest BCUT2D eigenvalue weighted by molar-refractivity contribution is 6.08. The first-order valence-electron chi connectivity index (χ1n) is 13.2. The van der Waals surface area contributed by atoms with E-state index in [0.29, 0.717) is 56.2 Å². The molecule has 208 valence electrons. The third-order valence-corrected chi connectivity index (χ3v) is 7.65. The molecule has 1 saturated heterocycles. The average molecular weight is 545 g/mol. The molecular formula is C30H32N4O6. The average Bonchev–Trinajstić information content (AvgIpc) is 3.31. The van der Waals surface area contributed by atoms with E-state index in [1.807, 2.05) is 24.3 Å². The van der Waals surface area contributed by atoms with Crippen LogP contribution in [0.3, 0.4) is 0 Å². The third kappa shape index (κ3) is 4.98. The Balaban J connectivity index is 1.31. The molecule has 2 aromatic carbocycles. The van der Waals surface area contributed by atoms with Gasteiger partial charge in [-0.1, -0.05) is 31.4 Å². The second-order valence-electron chi connectivity index (χ2n) is 10.1. The lowest BCUT2D eigenvalue weighted by molar-refractivity contribution is -0.131. The molecule has 4 amide bonds. The van der Waals surface area contributed by atoms with Gasteiger partial charge >= 0.3 is 0 Å². The van der Waals surface area contributed by atoms with Crippen LogP contribution in [0.25, 0.3) is 11.1 Å². The summed E-state index contributed by atoms with van der Waals surface area (Å²) in [4.78, 5) is 55.8. The summed E-state index contributed by atoms with van der Waals surface area (Å²) in [7, 11) is 1.68. The quantitative estimate of drug-likeness (QED) is 0.561. The van der Waals surface area contributed by atoms with Crippen LogP contribution in [0.2, 0.25) is 0 Å². The van der Waals surface area contributed by atoms with Gasteiger partial charge in [0.2, 0.25) is 5.91 Å². The monoisotopic (exact) mass is 544 g/mol. The van der Waals surface area contributed by atoms with Crippen molar-refractivity contribution in [3.8, 4) is 16.9 Å². The molecule has 0 atom stereocenters. The molecule has 0 spiro atoms. The Bertz CT molecular complexity index is 1430. The molecule has 0 aliphatic carbocycles. The summed E-state index contributed by atoms with van der Waals surface area (Å²) in [5, 5.41) is 2.52. The topological polar surface area (TPSA) is 108 Å². The van der Waals surface area contributed by atoms with Crippen molar-refractivity contribution >= 4 is 29.3 Å². The van der Waals surface area contributed by atoms with E-state index in [-0.39, 0.29) is 35.8 Å². The fourth-order valence-electron chi connectivity index (χ4n) is 5.37. The van der Waals surface area contributed by atoms with Gasteiger partial charge in [0.25, 0.3) is 17.7 Å². The van der Waals surface area contributed by atoms with Gasteiger partial charge in [-0.3, -0.25) is 24.1 Å². The van der Waals surface area contributed by atoms with E-state index in [1.165, 1.54) is 11.8 Å². The number of nitrogens with one attached hydrogen (secondary N) is 1. The fourth-order valence-corrected chi connectivity index (χ4v) is 5.37. The predicted octanol–water partition coefficient (Wildman–Crippen LogP) is 2.84. The predicted molar refractivity (Wildman–Crippen MR) is 148 cm³/mol. The normalized spacial score (nSPS) is 16.5. The lowest BCUT2D eigenvalue weighted by Crippen LogP contribution is -2.44. The van der Waals surface area contributed by atoms with Crippen molar-refractivity contribution in [1.82, 2.24) is 15.1 Å². The zero-order valence-corrected chi connectivity index (χ0v) is 22.7. The number of hydrogen-bond acceptors (Lipinski definition) is 6. The minimum Gasteiger partial charge on any atom is -0.490 e. The first kappa shape index (κ1) is 27.1. The van der Waals surface area contributed by atoms with Crippen molar-refractivity contribution < 1.29 is 28.7 Å². The summed E-state index contributed by atoms with van der Waals surface area (Å²) in [6.07, 6.45) is 1.43. The van der Waals surface area contributed by atoms with Gasteiger partial charge in [0.15, 0.2) is 0 Å². The van der Waals surface area contributed by atoms with E-state index in [1.54, 1.807) is 29.0 Å². The van der Waals surface area contributed by atoms with Gasteiger partial charge in [0.1, 0.15) is 18.1 Å². The zero-order chi connectivity index (χ0) is 28.6. The molecule has 3 heterocycles. The van der Waals surface area contributed by atoms with Gasteiger partial charge in [-0.05, 0) is 47.7 Å². The number of ether oxygens (including phenoxy) is 2. The third-order valence-electron chi connectivity index (χ3n) is 7.65. The van der Waals surface area contributed by atoms with Crippen LogP contribution in [0.1, 0.15) is 35.7 Å². The number of hydrogen-bond donors (Lipinski definition) is 1. The van der Waals surface area contributed by atoms with Gasteiger partial charge in [-0.2, -0.15) is 0 Å². The molecule has 3 aliphatic rings. The fraction of sp³-hybridized carbons (Fsp3) is 0.333. The molecule has 10 heteroatoms. The Hall–Kier alpha value is -4.44. The van der Waals surface area contributed by atoms with Crippen molar-refractivity contribution in [1.29, 1.82) is 0 Å². The number of amides is 4. The number of carbonyl (C=O) groups excluding carboxylic acids is 4. The van der Waals surface area contributed by atoms with E-state index < -0.39 is 11.8 Å². The minimum atomic E-state index is -0.673. The summed E-state index contributed by atoms with van der Waals surface area (Å²) >= 11 is 0. The number of anilines is 1. The summed E-state index contributed by atoms with van der Waals surface area (Å²) in [5.41, 5.74) is 3.38. The maximum absolute atomic E-state index is 13.3. The van der Waals surface area contributed by atoms with Crippen LogP contribution >= 0.6 is 0 Å². The number of fused-ring (bicyclic) bond motifs is 2. The molecular weight excluding hydrogens is 512 g/mol. The van der Waals surface area contributed by atoms with E-state index in [2.05, 4.69) is 18.5 Å². The van der Waals surface area contributed by atoms with Crippen LogP contribution in [0, 0.1) is 0 Å². The molecule has 0 saturated carbocycles. The first-order valence-corrected chi connectivity index (χ1v) is 13.2. The van der Waals surface area contributed by atoms with Crippen LogP contribution in [-0.4, -0.2) is 72.9 Å². The summed E-state index contributed by atoms with van der Waals surface area (Å²) < 4.78 is 11.2. The molecule has 1 N–H and O–H groups in total. The minimum absolute atomic E-state index is 0.00529. The SMILES string of the molecule is C=C(NC(=O)C(=C)N1Cc2c(cccc2-c2ccc3c(c2)OCCN3C(C)=O)C1=O)C(=O)N(C)C1CCOCC1. The number of nitrogens with zero attached hydrogens (tertiary/aromatic N) is 3. The van der Waals surface area contributed by atoms with Gasteiger partial charge in [-0.25, -0.2) is 0 Å². The van der Waals surface area contributed by atoms with Gasteiger partial charge in [0, 0.05) is 38.8 Å². The molecule has 0 bridgehead atoms. The van der Waals surface area contributed by atoms with Crippen molar-refractivity contribution in [2.24, 2.45) is 0 Å². The molecule has 3 aliphatic heterocycles. The number of carbonyl (C=O) groups is 4. The second kappa shape index (κ2) is 11.0. The molecule has 40 heavy (non-hydrogen) atoms. The summed E-state index contributed by atoms with van der Waals surface area (Å²) in [6, 6.07) is 11.0. The van der Waals surface area contributed by atoms with Gasteiger partial charge < -0.3 is 24.6 Å². The van der Waals surface area contributed by atoms with E-state index in [9.17, 15) is 19.2 Å². The van der Waals surface area contributed by atoms with Crippen LogP contribution in [-0.2, 0) is 25.7 Å². The highest BCUT2D eigenvalue weighted by Gasteiger charge is 2.34. The summed E-state index contributed by atoms with van der Waals surface area (Å²) in [6.45, 7) is 11.3. The summed E-state index contributed by atoms with van der Waals surface area (Å²) in [5.74, 6) is -0.895. The molecule has 10 nitrogen and oxygen atoms in total.